The zero-order valence-corrected chi connectivity index (χ0v) is 10.9. The number of nitrogens with two attached hydrogens (primary N) is 2. The van der Waals surface area contributed by atoms with E-state index in [1.807, 2.05) is 0 Å². The largest absolute Gasteiger partial charge is 0.465 e. The third-order valence-electron chi connectivity index (χ3n) is 2.56. The first-order chi connectivity index (χ1) is 9.08. The van der Waals surface area contributed by atoms with Crippen molar-refractivity contribution in [1.82, 2.24) is 5.32 Å². The SMILES string of the molecule is COC(=O)c1cc(N)cc(C(=O)NCCCCN)c1. The summed E-state index contributed by atoms with van der Waals surface area (Å²) < 4.78 is 4.60. The molecule has 0 aromatic heterocycles. The highest BCUT2D eigenvalue weighted by atomic mass is 16.5. The molecule has 0 radical (unpaired) electrons. The summed E-state index contributed by atoms with van der Waals surface area (Å²) in [6.07, 6.45) is 1.67. The van der Waals surface area contributed by atoms with E-state index in [1.165, 1.54) is 25.3 Å². The van der Waals surface area contributed by atoms with Crippen LogP contribution in [0.2, 0.25) is 0 Å². The molecule has 1 amide bonds. The molecule has 0 atom stereocenters. The van der Waals surface area contributed by atoms with Gasteiger partial charge in [-0.2, -0.15) is 0 Å². The number of anilines is 1. The van der Waals surface area contributed by atoms with Crippen LogP contribution in [0.5, 0.6) is 0 Å². The van der Waals surface area contributed by atoms with E-state index in [9.17, 15) is 9.59 Å². The number of unbranched alkanes of at least 4 members (excludes halogenated alkanes) is 1. The van der Waals surface area contributed by atoms with Crippen molar-refractivity contribution in [1.29, 1.82) is 0 Å². The van der Waals surface area contributed by atoms with E-state index >= 15 is 0 Å². The third-order valence-corrected chi connectivity index (χ3v) is 2.56. The number of amides is 1. The zero-order chi connectivity index (χ0) is 14.3. The molecule has 0 heterocycles. The lowest BCUT2D eigenvalue weighted by Crippen LogP contribution is -2.25. The molecule has 5 N–H and O–H groups in total. The van der Waals surface area contributed by atoms with Crippen LogP contribution in [-0.4, -0.2) is 32.1 Å². The zero-order valence-electron chi connectivity index (χ0n) is 10.9. The van der Waals surface area contributed by atoms with Crippen LogP contribution in [0, 0.1) is 0 Å². The van der Waals surface area contributed by atoms with Crippen molar-refractivity contribution in [2.24, 2.45) is 5.73 Å². The van der Waals surface area contributed by atoms with E-state index in [0.717, 1.165) is 12.8 Å². The van der Waals surface area contributed by atoms with Crippen LogP contribution in [0.4, 0.5) is 5.69 Å². The van der Waals surface area contributed by atoms with E-state index in [0.29, 0.717) is 24.3 Å². The van der Waals surface area contributed by atoms with Crippen LogP contribution in [0.15, 0.2) is 18.2 Å². The van der Waals surface area contributed by atoms with E-state index in [2.05, 4.69) is 10.1 Å². The maximum Gasteiger partial charge on any atom is 0.337 e. The van der Waals surface area contributed by atoms with Crippen LogP contribution in [0.3, 0.4) is 0 Å². The quantitative estimate of drug-likeness (QED) is 0.395. The van der Waals surface area contributed by atoms with Gasteiger partial charge in [-0.05, 0) is 37.6 Å². The molecule has 0 saturated heterocycles. The van der Waals surface area contributed by atoms with E-state index in [1.54, 1.807) is 0 Å². The Morgan fingerprint density at radius 3 is 2.53 bits per heavy atom. The monoisotopic (exact) mass is 265 g/mol. The van der Waals surface area contributed by atoms with Crippen molar-refractivity contribution in [2.75, 3.05) is 25.9 Å². The summed E-state index contributed by atoms with van der Waals surface area (Å²) in [5, 5.41) is 2.74. The third kappa shape index (κ3) is 4.59. The molecule has 0 fully saturated rings. The molecule has 104 valence electrons. The Hall–Kier alpha value is -2.08. The maximum absolute atomic E-state index is 11.9. The van der Waals surface area contributed by atoms with Gasteiger partial charge in [-0.25, -0.2) is 4.79 Å². The Morgan fingerprint density at radius 1 is 1.21 bits per heavy atom. The fourth-order valence-electron chi connectivity index (χ4n) is 1.59. The normalized spacial score (nSPS) is 10.0. The predicted octanol–water partition coefficient (Wildman–Crippen LogP) is 0.524. The number of hydrogen-bond acceptors (Lipinski definition) is 5. The molecule has 19 heavy (non-hydrogen) atoms. The first kappa shape index (κ1) is 15.0. The smallest absolute Gasteiger partial charge is 0.337 e. The lowest BCUT2D eigenvalue weighted by atomic mass is 10.1. The van der Waals surface area contributed by atoms with Gasteiger partial charge in [0, 0.05) is 17.8 Å². The summed E-state index contributed by atoms with van der Waals surface area (Å²) in [5.74, 6) is -0.793. The molecule has 0 bridgehead atoms. The number of ether oxygens (including phenoxy) is 1. The summed E-state index contributed by atoms with van der Waals surface area (Å²) >= 11 is 0. The Kier molecular flexibility index (Phi) is 5.81. The van der Waals surface area contributed by atoms with Gasteiger partial charge < -0.3 is 21.5 Å². The second kappa shape index (κ2) is 7.38. The Bertz CT molecular complexity index is 460. The number of nitrogens with one attached hydrogen (secondary N) is 1. The average Bonchev–Trinajstić information content (AvgIpc) is 2.41. The minimum atomic E-state index is -0.524. The first-order valence-electron chi connectivity index (χ1n) is 6.05. The van der Waals surface area contributed by atoms with Crippen molar-refractivity contribution in [3.8, 4) is 0 Å². The van der Waals surface area contributed by atoms with Gasteiger partial charge in [-0.3, -0.25) is 4.79 Å². The van der Waals surface area contributed by atoms with E-state index in [4.69, 9.17) is 11.5 Å². The molecule has 1 rings (SSSR count). The van der Waals surface area contributed by atoms with Crippen molar-refractivity contribution in [3.63, 3.8) is 0 Å². The summed E-state index contributed by atoms with van der Waals surface area (Å²) in [6.45, 7) is 1.14. The van der Waals surface area contributed by atoms with Gasteiger partial charge in [0.05, 0.1) is 12.7 Å². The molecule has 0 spiro atoms. The van der Waals surface area contributed by atoms with Gasteiger partial charge >= 0.3 is 5.97 Å². The highest BCUT2D eigenvalue weighted by molar-refractivity contribution is 5.99. The number of esters is 1. The molecule has 0 aliphatic heterocycles. The van der Waals surface area contributed by atoms with Crippen molar-refractivity contribution in [2.45, 2.75) is 12.8 Å². The van der Waals surface area contributed by atoms with Crippen LogP contribution in [0.1, 0.15) is 33.6 Å². The topological polar surface area (TPSA) is 107 Å². The average molecular weight is 265 g/mol. The number of nitrogen functional groups attached to an aromatic ring is 1. The summed E-state index contributed by atoms with van der Waals surface area (Å²) in [4.78, 5) is 23.3. The lowest BCUT2D eigenvalue weighted by molar-refractivity contribution is 0.0601. The van der Waals surface area contributed by atoms with Gasteiger partial charge in [-0.1, -0.05) is 0 Å². The van der Waals surface area contributed by atoms with Gasteiger partial charge in [0.1, 0.15) is 0 Å². The number of carbonyl (C=O) groups is 2. The molecule has 0 saturated carbocycles. The van der Waals surface area contributed by atoms with Crippen LogP contribution >= 0.6 is 0 Å². The number of carbonyl (C=O) groups excluding carboxylic acids is 2. The van der Waals surface area contributed by atoms with Gasteiger partial charge in [0.25, 0.3) is 5.91 Å². The van der Waals surface area contributed by atoms with E-state index in [-0.39, 0.29) is 11.5 Å². The van der Waals surface area contributed by atoms with Gasteiger partial charge in [0.15, 0.2) is 0 Å². The molecule has 6 heteroatoms. The molecule has 1 aromatic carbocycles. The predicted molar refractivity (Wildman–Crippen MR) is 72.8 cm³/mol. The number of benzene rings is 1. The highest BCUT2D eigenvalue weighted by Gasteiger charge is 2.12. The van der Waals surface area contributed by atoms with Crippen molar-refractivity contribution in [3.05, 3.63) is 29.3 Å². The van der Waals surface area contributed by atoms with Gasteiger partial charge in [0.2, 0.25) is 0 Å². The second-order valence-corrected chi connectivity index (χ2v) is 4.09. The lowest BCUT2D eigenvalue weighted by Gasteiger charge is -2.07. The van der Waals surface area contributed by atoms with Crippen LogP contribution in [0.25, 0.3) is 0 Å². The first-order valence-corrected chi connectivity index (χ1v) is 6.05. The minimum Gasteiger partial charge on any atom is -0.465 e. The Balaban J connectivity index is 2.74. The highest BCUT2D eigenvalue weighted by Crippen LogP contribution is 2.13. The molecule has 1 aromatic rings. The number of rotatable bonds is 6. The Morgan fingerprint density at radius 2 is 1.89 bits per heavy atom. The fraction of sp³-hybridized carbons (Fsp3) is 0.385. The van der Waals surface area contributed by atoms with Crippen molar-refractivity contribution < 1.29 is 14.3 Å². The summed E-state index contributed by atoms with van der Waals surface area (Å²) in [5.41, 5.74) is 12.0. The standard InChI is InChI=1S/C13H19N3O3/c1-19-13(18)10-6-9(7-11(15)8-10)12(17)16-5-3-2-4-14/h6-8H,2-5,14-15H2,1H3,(H,16,17). The second-order valence-electron chi connectivity index (χ2n) is 4.09. The number of hydrogen-bond donors (Lipinski definition) is 3. The molecular weight excluding hydrogens is 246 g/mol. The summed E-state index contributed by atoms with van der Waals surface area (Å²) in [7, 11) is 1.28. The fourth-order valence-corrected chi connectivity index (χ4v) is 1.59. The molecule has 0 aliphatic carbocycles. The molecule has 0 unspecified atom stereocenters. The maximum atomic E-state index is 11.9. The minimum absolute atomic E-state index is 0.259. The molecule has 0 aliphatic rings. The van der Waals surface area contributed by atoms with E-state index < -0.39 is 5.97 Å². The molecule has 6 nitrogen and oxygen atoms in total. The van der Waals surface area contributed by atoms with Crippen LogP contribution < -0.4 is 16.8 Å². The Labute approximate surface area is 112 Å². The molecular formula is C13H19N3O3. The van der Waals surface area contributed by atoms with Gasteiger partial charge in [-0.15, -0.1) is 0 Å². The number of methoxy groups -OCH3 is 1. The van der Waals surface area contributed by atoms with Crippen LogP contribution in [-0.2, 0) is 4.74 Å². The summed E-state index contributed by atoms with van der Waals surface area (Å²) in [6, 6.07) is 4.45. The van der Waals surface area contributed by atoms with Crippen molar-refractivity contribution >= 4 is 17.6 Å².